The molecule has 8 nitrogen and oxygen atoms in total. The standard InChI is InChI=1S/C17H11ClN6O2S/c18-4-12(25)21-9-3-10-14(20-6-9)15-13(16(26)22-10)17-24(23-15)7-11(27-17)8-1-2-19-5-8/h1-3,5-7,19H,4H2,(H,21,25)(H,22,26). The number of H-pyrrole nitrogens is 2. The van der Waals surface area contributed by atoms with E-state index in [2.05, 4.69) is 25.4 Å². The van der Waals surface area contributed by atoms with Gasteiger partial charge in [-0.3, -0.25) is 14.6 Å². The average Bonchev–Trinajstić information content (AvgIpc) is 3.36. The van der Waals surface area contributed by atoms with Crippen molar-refractivity contribution >= 4 is 61.3 Å². The van der Waals surface area contributed by atoms with Crippen LogP contribution in [0.25, 0.3) is 37.2 Å². The van der Waals surface area contributed by atoms with Crippen LogP contribution >= 0.6 is 22.9 Å². The van der Waals surface area contributed by atoms with Crippen LogP contribution in [0, 0.1) is 0 Å². The maximum atomic E-state index is 12.7. The van der Waals surface area contributed by atoms with E-state index in [9.17, 15) is 9.59 Å². The second-order valence-corrected chi connectivity index (χ2v) is 7.22. The van der Waals surface area contributed by atoms with Gasteiger partial charge in [-0.15, -0.1) is 22.9 Å². The number of thiazole rings is 1. The lowest BCUT2D eigenvalue weighted by Gasteiger charge is -2.04. The molecular weight excluding hydrogens is 388 g/mol. The number of carbonyl (C=O) groups is 1. The summed E-state index contributed by atoms with van der Waals surface area (Å²) in [6.07, 6.45) is 7.15. The number of pyridine rings is 2. The molecule has 5 rings (SSSR count). The third-order valence-corrected chi connectivity index (χ3v) is 5.58. The van der Waals surface area contributed by atoms with Gasteiger partial charge in [-0.25, -0.2) is 4.52 Å². The van der Waals surface area contributed by atoms with E-state index < -0.39 is 0 Å². The molecule has 3 N–H and O–H groups in total. The minimum Gasteiger partial charge on any atom is -0.367 e. The van der Waals surface area contributed by atoms with Crippen LogP contribution in [0.5, 0.6) is 0 Å². The molecule has 0 fully saturated rings. The van der Waals surface area contributed by atoms with Crippen LogP contribution in [0.2, 0.25) is 0 Å². The van der Waals surface area contributed by atoms with E-state index in [0.717, 1.165) is 15.3 Å². The summed E-state index contributed by atoms with van der Waals surface area (Å²) in [4.78, 5) is 36.2. The number of rotatable bonds is 3. The number of amides is 1. The molecule has 0 aliphatic rings. The van der Waals surface area contributed by atoms with Crippen LogP contribution in [-0.2, 0) is 4.79 Å². The third-order valence-electron chi connectivity index (χ3n) is 4.19. The molecule has 0 saturated heterocycles. The van der Waals surface area contributed by atoms with Gasteiger partial charge in [0, 0.05) is 24.2 Å². The second-order valence-electron chi connectivity index (χ2n) is 5.92. The predicted octanol–water partition coefficient (Wildman–Crippen LogP) is 2.96. The van der Waals surface area contributed by atoms with Crippen molar-refractivity contribution in [3.8, 4) is 10.4 Å². The Morgan fingerprint density at radius 1 is 1.37 bits per heavy atom. The first-order valence-electron chi connectivity index (χ1n) is 7.97. The Kier molecular flexibility index (Phi) is 3.52. The fourth-order valence-electron chi connectivity index (χ4n) is 3.02. The lowest BCUT2D eigenvalue weighted by Crippen LogP contribution is -2.13. The molecule has 0 spiro atoms. The molecular formula is C17H11ClN6O2S. The number of alkyl halides is 1. The Bertz CT molecular complexity index is 1380. The number of hydrogen-bond donors (Lipinski definition) is 3. The van der Waals surface area contributed by atoms with Crippen LogP contribution in [0.15, 0.2) is 41.7 Å². The van der Waals surface area contributed by atoms with E-state index in [1.165, 1.54) is 17.5 Å². The number of hydrogen-bond acceptors (Lipinski definition) is 5. The number of halogens is 1. The number of aromatic amines is 2. The third kappa shape index (κ3) is 2.51. The normalized spacial score (nSPS) is 11.6. The van der Waals surface area contributed by atoms with Crippen molar-refractivity contribution in [3.05, 3.63) is 47.3 Å². The van der Waals surface area contributed by atoms with Gasteiger partial charge in [0.05, 0.1) is 22.3 Å². The first-order valence-corrected chi connectivity index (χ1v) is 9.32. The van der Waals surface area contributed by atoms with Crippen LogP contribution in [-0.4, -0.2) is 36.4 Å². The molecule has 27 heavy (non-hydrogen) atoms. The number of anilines is 1. The number of aromatic nitrogens is 5. The zero-order valence-electron chi connectivity index (χ0n) is 13.6. The minimum absolute atomic E-state index is 0.158. The van der Waals surface area contributed by atoms with Gasteiger partial charge in [0.2, 0.25) is 5.91 Å². The van der Waals surface area contributed by atoms with Gasteiger partial charge in [-0.1, -0.05) is 0 Å². The van der Waals surface area contributed by atoms with Gasteiger partial charge < -0.3 is 15.3 Å². The molecule has 0 unspecified atom stereocenters. The monoisotopic (exact) mass is 398 g/mol. The van der Waals surface area contributed by atoms with E-state index in [1.54, 1.807) is 10.6 Å². The first kappa shape index (κ1) is 16.0. The topological polar surface area (TPSA) is 108 Å². The number of nitrogens with zero attached hydrogens (tertiary/aromatic N) is 3. The second kappa shape index (κ2) is 5.93. The first-order chi connectivity index (χ1) is 13.1. The summed E-state index contributed by atoms with van der Waals surface area (Å²) < 4.78 is 1.71. The molecule has 0 radical (unpaired) electrons. The number of fused-ring (bicyclic) bond motifs is 5. The predicted molar refractivity (Wildman–Crippen MR) is 106 cm³/mol. The van der Waals surface area contributed by atoms with Gasteiger partial charge in [0.15, 0.2) is 0 Å². The molecule has 0 aliphatic heterocycles. The van der Waals surface area contributed by atoms with Gasteiger partial charge in [-0.2, -0.15) is 5.10 Å². The molecule has 5 aromatic heterocycles. The maximum Gasteiger partial charge on any atom is 0.261 e. The highest BCUT2D eigenvalue weighted by Gasteiger charge is 2.17. The number of nitrogens with one attached hydrogen (secondary N) is 3. The molecule has 5 heterocycles. The summed E-state index contributed by atoms with van der Waals surface area (Å²) in [5, 5.41) is 7.68. The fraction of sp³-hybridized carbons (Fsp3) is 0.0588. The summed E-state index contributed by atoms with van der Waals surface area (Å²) in [6, 6.07) is 3.61. The van der Waals surface area contributed by atoms with Crippen molar-refractivity contribution in [2.75, 3.05) is 11.2 Å². The molecule has 0 saturated carbocycles. The maximum absolute atomic E-state index is 12.7. The molecule has 10 heteroatoms. The highest BCUT2D eigenvalue weighted by Crippen LogP contribution is 2.33. The summed E-state index contributed by atoms with van der Waals surface area (Å²) in [7, 11) is 0. The van der Waals surface area contributed by atoms with Crippen LogP contribution < -0.4 is 10.9 Å². The lowest BCUT2D eigenvalue weighted by molar-refractivity contribution is -0.113. The number of carbonyl (C=O) groups excluding carboxylic acids is 1. The average molecular weight is 399 g/mol. The fourth-order valence-corrected chi connectivity index (χ4v) is 4.17. The van der Waals surface area contributed by atoms with Crippen LogP contribution in [0.3, 0.4) is 0 Å². The lowest BCUT2D eigenvalue weighted by atomic mass is 10.2. The van der Waals surface area contributed by atoms with Crippen molar-refractivity contribution in [2.24, 2.45) is 0 Å². The Labute approximate surface area is 159 Å². The Balaban J connectivity index is 1.72. The largest absolute Gasteiger partial charge is 0.367 e. The van der Waals surface area contributed by atoms with Gasteiger partial charge >= 0.3 is 0 Å². The quantitative estimate of drug-likeness (QED) is 0.406. The zero-order valence-corrected chi connectivity index (χ0v) is 15.2. The van der Waals surface area contributed by atoms with E-state index in [0.29, 0.717) is 27.6 Å². The Hall–Kier alpha value is -3.17. The van der Waals surface area contributed by atoms with Gasteiger partial charge in [0.25, 0.3) is 5.56 Å². The molecule has 0 aromatic carbocycles. The van der Waals surface area contributed by atoms with Crippen molar-refractivity contribution in [1.82, 2.24) is 24.6 Å². The Morgan fingerprint density at radius 3 is 3.04 bits per heavy atom. The van der Waals surface area contributed by atoms with Crippen molar-refractivity contribution < 1.29 is 4.79 Å². The van der Waals surface area contributed by atoms with E-state index in [4.69, 9.17) is 11.6 Å². The summed E-state index contributed by atoms with van der Waals surface area (Å²) in [6.45, 7) is 0. The minimum atomic E-state index is -0.346. The van der Waals surface area contributed by atoms with Gasteiger partial charge in [0.1, 0.15) is 27.1 Å². The highest BCUT2D eigenvalue weighted by molar-refractivity contribution is 7.21. The van der Waals surface area contributed by atoms with E-state index >= 15 is 0 Å². The summed E-state index contributed by atoms with van der Waals surface area (Å²) >= 11 is 6.99. The zero-order chi connectivity index (χ0) is 18.5. The molecule has 134 valence electrons. The van der Waals surface area contributed by atoms with E-state index in [1.807, 2.05) is 24.7 Å². The highest BCUT2D eigenvalue weighted by atomic mass is 35.5. The van der Waals surface area contributed by atoms with Crippen LogP contribution in [0.1, 0.15) is 0 Å². The van der Waals surface area contributed by atoms with Gasteiger partial charge in [-0.05, 0) is 12.1 Å². The van der Waals surface area contributed by atoms with Crippen LogP contribution in [0.4, 0.5) is 5.69 Å². The SMILES string of the molecule is O=C(CCl)Nc1cnc2c(c1)[nH]c(=O)c1c2nn2cc(-c3cc[nH]c3)sc12. The smallest absolute Gasteiger partial charge is 0.261 e. The molecule has 0 aliphatic carbocycles. The molecule has 1 amide bonds. The van der Waals surface area contributed by atoms with Crippen molar-refractivity contribution in [3.63, 3.8) is 0 Å². The molecule has 5 aromatic rings. The van der Waals surface area contributed by atoms with Crippen molar-refractivity contribution in [1.29, 1.82) is 0 Å². The summed E-state index contributed by atoms with van der Waals surface area (Å²) in [5.41, 5.74) is 2.82. The molecule has 0 bridgehead atoms. The molecule has 0 atom stereocenters. The Morgan fingerprint density at radius 2 is 2.26 bits per heavy atom. The summed E-state index contributed by atoms with van der Waals surface area (Å²) in [5.74, 6) is -0.505. The van der Waals surface area contributed by atoms with E-state index in [-0.39, 0.29) is 17.3 Å². The van der Waals surface area contributed by atoms with Crippen molar-refractivity contribution in [2.45, 2.75) is 0 Å².